The van der Waals surface area contributed by atoms with Crippen molar-refractivity contribution in [2.75, 3.05) is 32.6 Å². The quantitative estimate of drug-likeness (QED) is 0.607. The van der Waals surface area contributed by atoms with E-state index in [1.807, 2.05) is 12.1 Å². The molecule has 1 aromatic rings. The zero-order valence-corrected chi connectivity index (χ0v) is 11.7. The number of nitrogens with one attached hydrogen (secondary N) is 1. The lowest BCUT2D eigenvalue weighted by atomic mass is 10.2. The first-order chi connectivity index (χ1) is 8.88. The predicted molar refractivity (Wildman–Crippen MR) is 75.6 cm³/mol. The van der Waals surface area contributed by atoms with Gasteiger partial charge in [-0.25, -0.2) is 0 Å². The van der Waals surface area contributed by atoms with Crippen LogP contribution >= 0.6 is 11.8 Å². The number of ether oxygens (including phenoxy) is 2. The first-order valence-corrected chi connectivity index (χ1v) is 7.70. The van der Waals surface area contributed by atoms with Crippen molar-refractivity contribution in [1.29, 1.82) is 0 Å². The number of hydrogen-bond donors (Lipinski definition) is 1. The summed E-state index contributed by atoms with van der Waals surface area (Å²) in [7, 11) is 0. The lowest BCUT2D eigenvalue weighted by molar-refractivity contribution is 0.109. The highest BCUT2D eigenvalue weighted by Gasteiger charge is 2.14. The molecule has 18 heavy (non-hydrogen) atoms. The van der Waals surface area contributed by atoms with E-state index in [-0.39, 0.29) is 0 Å². The molecule has 1 aromatic carbocycles. The van der Waals surface area contributed by atoms with Crippen molar-refractivity contribution >= 4 is 11.8 Å². The largest absolute Gasteiger partial charge is 0.492 e. The number of rotatable bonds is 7. The molecule has 0 saturated carbocycles. The zero-order valence-electron chi connectivity index (χ0n) is 10.9. The number of thioether (sulfide) groups is 1. The Morgan fingerprint density at radius 3 is 2.89 bits per heavy atom. The van der Waals surface area contributed by atoms with Crippen LogP contribution in [0.4, 0.5) is 0 Å². The number of benzene rings is 1. The van der Waals surface area contributed by atoms with Gasteiger partial charge in [0.1, 0.15) is 12.4 Å². The molecule has 1 N–H and O–H groups in total. The molecule has 1 saturated heterocycles. The second-order valence-corrected chi connectivity index (χ2v) is 5.24. The van der Waals surface area contributed by atoms with Crippen LogP contribution in [0.3, 0.4) is 0 Å². The first-order valence-electron chi connectivity index (χ1n) is 6.47. The van der Waals surface area contributed by atoms with Crippen molar-refractivity contribution in [1.82, 2.24) is 5.32 Å². The van der Waals surface area contributed by atoms with E-state index in [1.54, 1.807) is 11.8 Å². The highest BCUT2D eigenvalue weighted by molar-refractivity contribution is 7.98. The Kier molecular flexibility index (Phi) is 5.84. The van der Waals surface area contributed by atoms with Gasteiger partial charge in [-0.15, -0.1) is 11.8 Å². The predicted octanol–water partition coefficient (Wildman–Crippen LogP) is 2.56. The summed E-state index contributed by atoms with van der Waals surface area (Å²) in [6.45, 7) is 3.43. The summed E-state index contributed by atoms with van der Waals surface area (Å²) in [4.78, 5) is 1.26. The fourth-order valence-electron chi connectivity index (χ4n) is 1.98. The minimum absolute atomic E-state index is 0.408. The van der Waals surface area contributed by atoms with Gasteiger partial charge in [0.25, 0.3) is 0 Å². The van der Waals surface area contributed by atoms with Crippen molar-refractivity contribution in [2.24, 2.45) is 0 Å². The average molecular weight is 267 g/mol. The molecule has 100 valence electrons. The Balaban J connectivity index is 1.56. The van der Waals surface area contributed by atoms with Crippen LogP contribution in [0.5, 0.6) is 5.75 Å². The summed E-state index contributed by atoms with van der Waals surface area (Å²) in [6.07, 6.45) is 4.87. The maximum Gasteiger partial charge on any atom is 0.119 e. The molecule has 1 aliphatic rings. The lowest BCUT2D eigenvalue weighted by Crippen LogP contribution is -2.29. The van der Waals surface area contributed by atoms with Gasteiger partial charge in [0.2, 0.25) is 0 Å². The monoisotopic (exact) mass is 267 g/mol. The van der Waals surface area contributed by atoms with Gasteiger partial charge in [0.15, 0.2) is 0 Å². The summed E-state index contributed by atoms with van der Waals surface area (Å²) in [5.74, 6) is 0.937. The molecule has 0 spiro atoms. The van der Waals surface area contributed by atoms with E-state index in [4.69, 9.17) is 9.47 Å². The van der Waals surface area contributed by atoms with E-state index in [9.17, 15) is 0 Å². The van der Waals surface area contributed by atoms with Crippen LogP contribution in [-0.4, -0.2) is 38.7 Å². The standard InChI is InChI=1S/C14H21NO2S/c1-18-14-6-4-12(5-7-14)17-10-8-15-11-13-3-2-9-16-13/h4-7,13,15H,2-3,8-11H2,1H3. The molecular formula is C14H21NO2S. The van der Waals surface area contributed by atoms with Crippen LogP contribution < -0.4 is 10.1 Å². The van der Waals surface area contributed by atoms with Crippen molar-refractivity contribution in [3.63, 3.8) is 0 Å². The molecule has 0 radical (unpaired) electrons. The van der Waals surface area contributed by atoms with Crippen molar-refractivity contribution in [3.8, 4) is 5.75 Å². The van der Waals surface area contributed by atoms with Crippen molar-refractivity contribution < 1.29 is 9.47 Å². The molecule has 1 heterocycles. The van der Waals surface area contributed by atoms with Crippen LogP contribution in [0.25, 0.3) is 0 Å². The molecule has 3 nitrogen and oxygen atoms in total. The minimum atomic E-state index is 0.408. The SMILES string of the molecule is CSc1ccc(OCCNCC2CCCO2)cc1. The lowest BCUT2D eigenvalue weighted by Gasteiger charge is -2.11. The summed E-state index contributed by atoms with van der Waals surface area (Å²) in [5.41, 5.74) is 0. The Bertz CT molecular complexity index is 336. The fraction of sp³-hybridized carbons (Fsp3) is 0.571. The maximum absolute atomic E-state index is 5.66. The maximum atomic E-state index is 5.66. The smallest absolute Gasteiger partial charge is 0.119 e. The molecule has 1 atom stereocenters. The van der Waals surface area contributed by atoms with E-state index >= 15 is 0 Å². The third kappa shape index (κ3) is 4.52. The van der Waals surface area contributed by atoms with E-state index in [2.05, 4.69) is 23.7 Å². The minimum Gasteiger partial charge on any atom is -0.492 e. The summed E-state index contributed by atoms with van der Waals surface area (Å²) >= 11 is 1.74. The molecule has 0 amide bonds. The Morgan fingerprint density at radius 2 is 2.22 bits per heavy atom. The average Bonchev–Trinajstić information content (AvgIpc) is 2.92. The van der Waals surface area contributed by atoms with Crippen LogP contribution in [0, 0.1) is 0 Å². The molecule has 2 rings (SSSR count). The molecule has 0 aromatic heterocycles. The first kappa shape index (κ1) is 13.7. The third-order valence-electron chi connectivity index (χ3n) is 3.00. The summed E-state index contributed by atoms with van der Waals surface area (Å²) < 4.78 is 11.2. The van der Waals surface area contributed by atoms with E-state index in [1.165, 1.54) is 17.7 Å². The molecule has 0 aliphatic carbocycles. The molecule has 1 aliphatic heterocycles. The van der Waals surface area contributed by atoms with Gasteiger partial charge in [-0.3, -0.25) is 0 Å². The van der Waals surface area contributed by atoms with Crippen LogP contribution in [-0.2, 0) is 4.74 Å². The molecule has 1 fully saturated rings. The third-order valence-corrected chi connectivity index (χ3v) is 3.75. The van der Waals surface area contributed by atoms with Gasteiger partial charge < -0.3 is 14.8 Å². The van der Waals surface area contributed by atoms with Crippen LogP contribution in [0.15, 0.2) is 29.2 Å². The summed E-state index contributed by atoms with van der Waals surface area (Å²) in [6, 6.07) is 8.21. The van der Waals surface area contributed by atoms with Crippen LogP contribution in [0.2, 0.25) is 0 Å². The Morgan fingerprint density at radius 1 is 1.39 bits per heavy atom. The van der Waals surface area contributed by atoms with Crippen molar-refractivity contribution in [2.45, 2.75) is 23.8 Å². The van der Waals surface area contributed by atoms with Gasteiger partial charge in [0.05, 0.1) is 6.10 Å². The topological polar surface area (TPSA) is 30.5 Å². The van der Waals surface area contributed by atoms with Crippen molar-refractivity contribution in [3.05, 3.63) is 24.3 Å². The highest BCUT2D eigenvalue weighted by Crippen LogP contribution is 2.18. The van der Waals surface area contributed by atoms with Gasteiger partial charge >= 0.3 is 0 Å². The van der Waals surface area contributed by atoms with Gasteiger partial charge in [0, 0.05) is 24.6 Å². The van der Waals surface area contributed by atoms with Gasteiger partial charge in [-0.2, -0.15) is 0 Å². The summed E-state index contributed by atoms with van der Waals surface area (Å²) in [5, 5.41) is 3.37. The normalized spacial score (nSPS) is 19.1. The van der Waals surface area contributed by atoms with E-state index < -0.39 is 0 Å². The molecular weight excluding hydrogens is 246 g/mol. The Labute approximate surface area is 113 Å². The van der Waals surface area contributed by atoms with Gasteiger partial charge in [-0.1, -0.05) is 0 Å². The fourth-order valence-corrected chi connectivity index (χ4v) is 2.39. The molecule has 1 unspecified atom stereocenters. The zero-order chi connectivity index (χ0) is 12.6. The van der Waals surface area contributed by atoms with E-state index in [0.717, 1.165) is 25.4 Å². The second kappa shape index (κ2) is 7.67. The van der Waals surface area contributed by atoms with Crippen LogP contribution in [0.1, 0.15) is 12.8 Å². The molecule has 4 heteroatoms. The highest BCUT2D eigenvalue weighted by atomic mass is 32.2. The Hall–Kier alpha value is -0.710. The molecule has 0 bridgehead atoms. The van der Waals surface area contributed by atoms with E-state index in [0.29, 0.717) is 12.7 Å². The second-order valence-electron chi connectivity index (χ2n) is 4.36. The number of hydrogen-bond acceptors (Lipinski definition) is 4. The van der Waals surface area contributed by atoms with Gasteiger partial charge in [-0.05, 0) is 43.4 Å².